The number of nitrogens with zero attached hydrogens (tertiary/aromatic N) is 1. The number of benzene rings is 1. The van der Waals surface area contributed by atoms with Gasteiger partial charge in [0.15, 0.2) is 0 Å². The average Bonchev–Trinajstić information content (AvgIpc) is 2.76. The molecule has 0 aliphatic carbocycles. The number of nitrogens with one attached hydrogen (secondary N) is 1. The minimum Gasteiger partial charge on any atom is -0.314 e. The van der Waals surface area contributed by atoms with E-state index in [1.165, 1.54) is 24.3 Å². The van der Waals surface area contributed by atoms with Gasteiger partial charge in [-0.3, -0.25) is 0 Å². The molecular weight excluding hydrogens is 228 g/mol. The maximum atomic E-state index is 3.57. The van der Waals surface area contributed by atoms with Crippen molar-refractivity contribution in [2.24, 2.45) is 0 Å². The van der Waals surface area contributed by atoms with Crippen molar-refractivity contribution in [3.8, 4) is 0 Å². The normalized spacial score (nSPS) is 20.9. The predicted molar refractivity (Wildman–Crippen MR) is 75.7 cm³/mol. The number of likely N-dealkylation sites (tertiary alicyclic amines) is 1. The fourth-order valence-electron chi connectivity index (χ4n) is 2.26. The zero-order chi connectivity index (χ0) is 11.9. The molecule has 17 heavy (non-hydrogen) atoms. The van der Waals surface area contributed by atoms with Gasteiger partial charge in [-0.05, 0) is 38.6 Å². The van der Waals surface area contributed by atoms with E-state index >= 15 is 0 Å². The molecule has 0 amide bonds. The van der Waals surface area contributed by atoms with Crippen LogP contribution in [0, 0.1) is 0 Å². The second kappa shape index (κ2) is 7.04. The van der Waals surface area contributed by atoms with Crippen LogP contribution in [-0.4, -0.2) is 43.4 Å². The third kappa shape index (κ3) is 4.34. The van der Waals surface area contributed by atoms with E-state index in [4.69, 9.17) is 0 Å². The average molecular weight is 250 g/mol. The van der Waals surface area contributed by atoms with E-state index in [1.54, 1.807) is 0 Å². The lowest BCUT2D eigenvalue weighted by molar-refractivity contribution is 0.302. The number of thioether (sulfide) groups is 1. The SMILES string of the molecule is CN1CCCC1CNCCSc1ccccc1. The molecule has 1 N–H and O–H groups in total. The van der Waals surface area contributed by atoms with Crippen LogP contribution in [0.2, 0.25) is 0 Å². The highest BCUT2D eigenvalue weighted by atomic mass is 32.2. The first kappa shape index (κ1) is 12.9. The van der Waals surface area contributed by atoms with Crippen molar-refractivity contribution < 1.29 is 0 Å². The van der Waals surface area contributed by atoms with Crippen molar-refractivity contribution in [2.75, 3.05) is 32.4 Å². The standard InChI is InChI=1S/C14H22N2S/c1-16-10-5-6-13(16)12-15-9-11-17-14-7-3-2-4-8-14/h2-4,7-8,13,15H,5-6,9-12H2,1H3. The summed E-state index contributed by atoms with van der Waals surface area (Å²) in [4.78, 5) is 3.84. The molecular formula is C14H22N2S. The first-order valence-corrected chi connectivity index (χ1v) is 7.43. The molecule has 2 nitrogen and oxygen atoms in total. The number of rotatable bonds is 6. The Hall–Kier alpha value is -0.510. The van der Waals surface area contributed by atoms with E-state index in [0.29, 0.717) is 0 Å². The molecule has 1 unspecified atom stereocenters. The molecule has 2 rings (SSSR count). The summed E-state index contributed by atoms with van der Waals surface area (Å²) in [7, 11) is 2.23. The lowest BCUT2D eigenvalue weighted by Gasteiger charge is -2.19. The van der Waals surface area contributed by atoms with Crippen LogP contribution >= 0.6 is 11.8 Å². The van der Waals surface area contributed by atoms with Crippen LogP contribution in [-0.2, 0) is 0 Å². The summed E-state index contributed by atoms with van der Waals surface area (Å²) in [6.07, 6.45) is 2.72. The van der Waals surface area contributed by atoms with E-state index < -0.39 is 0 Å². The topological polar surface area (TPSA) is 15.3 Å². The number of hydrogen-bond donors (Lipinski definition) is 1. The van der Waals surface area contributed by atoms with Gasteiger partial charge < -0.3 is 10.2 Å². The van der Waals surface area contributed by atoms with Crippen LogP contribution in [0.15, 0.2) is 35.2 Å². The van der Waals surface area contributed by atoms with Gasteiger partial charge >= 0.3 is 0 Å². The molecule has 0 spiro atoms. The Labute approximate surface area is 109 Å². The van der Waals surface area contributed by atoms with Crippen LogP contribution in [0.3, 0.4) is 0 Å². The second-order valence-electron chi connectivity index (χ2n) is 4.64. The van der Waals surface area contributed by atoms with Gasteiger partial charge in [-0.25, -0.2) is 0 Å². The number of likely N-dealkylation sites (N-methyl/N-ethyl adjacent to an activating group) is 1. The highest BCUT2D eigenvalue weighted by Crippen LogP contribution is 2.16. The molecule has 0 bridgehead atoms. The summed E-state index contributed by atoms with van der Waals surface area (Å²) in [5, 5.41) is 3.57. The third-order valence-electron chi connectivity index (χ3n) is 3.34. The fraction of sp³-hybridized carbons (Fsp3) is 0.571. The molecule has 1 aliphatic heterocycles. The Kier molecular flexibility index (Phi) is 5.36. The quantitative estimate of drug-likeness (QED) is 0.617. The van der Waals surface area contributed by atoms with Gasteiger partial charge in [0.1, 0.15) is 0 Å². The van der Waals surface area contributed by atoms with E-state index in [0.717, 1.165) is 24.9 Å². The molecule has 1 heterocycles. The summed E-state index contributed by atoms with van der Waals surface area (Å²) < 4.78 is 0. The zero-order valence-corrected chi connectivity index (χ0v) is 11.4. The summed E-state index contributed by atoms with van der Waals surface area (Å²) in [6.45, 7) is 3.51. The minimum absolute atomic E-state index is 0.761. The largest absolute Gasteiger partial charge is 0.314 e. The summed E-state index contributed by atoms with van der Waals surface area (Å²) in [6, 6.07) is 11.4. The monoisotopic (exact) mass is 250 g/mol. The molecule has 0 radical (unpaired) electrons. The van der Waals surface area contributed by atoms with Gasteiger partial charge in [0.25, 0.3) is 0 Å². The molecule has 1 aromatic rings. The van der Waals surface area contributed by atoms with Crippen LogP contribution < -0.4 is 5.32 Å². The molecule has 94 valence electrons. The fourth-order valence-corrected chi connectivity index (χ4v) is 3.10. The third-order valence-corrected chi connectivity index (χ3v) is 4.36. The summed E-state index contributed by atoms with van der Waals surface area (Å²) >= 11 is 1.93. The Morgan fingerprint density at radius 2 is 2.18 bits per heavy atom. The Bertz CT molecular complexity index is 315. The van der Waals surface area contributed by atoms with Crippen LogP contribution in [0.4, 0.5) is 0 Å². The van der Waals surface area contributed by atoms with Crippen molar-refractivity contribution in [2.45, 2.75) is 23.8 Å². The van der Waals surface area contributed by atoms with Crippen molar-refractivity contribution in [3.05, 3.63) is 30.3 Å². The van der Waals surface area contributed by atoms with Gasteiger partial charge in [-0.2, -0.15) is 0 Å². The van der Waals surface area contributed by atoms with Crippen LogP contribution in [0.25, 0.3) is 0 Å². The van der Waals surface area contributed by atoms with Crippen molar-refractivity contribution in [1.82, 2.24) is 10.2 Å². The lowest BCUT2D eigenvalue weighted by Crippen LogP contribution is -2.36. The molecule has 1 aliphatic rings. The van der Waals surface area contributed by atoms with Gasteiger partial charge in [0, 0.05) is 29.8 Å². The van der Waals surface area contributed by atoms with E-state index in [-0.39, 0.29) is 0 Å². The van der Waals surface area contributed by atoms with E-state index in [1.807, 2.05) is 11.8 Å². The van der Waals surface area contributed by atoms with E-state index in [2.05, 4.69) is 47.6 Å². The van der Waals surface area contributed by atoms with Gasteiger partial charge in [0.05, 0.1) is 0 Å². The smallest absolute Gasteiger partial charge is 0.0218 e. The van der Waals surface area contributed by atoms with Gasteiger partial charge in [-0.1, -0.05) is 18.2 Å². The van der Waals surface area contributed by atoms with Gasteiger partial charge in [-0.15, -0.1) is 11.8 Å². The van der Waals surface area contributed by atoms with Crippen LogP contribution in [0.1, 0.15) is 12.8 Å². The molecule has 1 atom stereocenters. The highest BCUT2D eigenvalue weighted by molar-refractivity contribution is 7.99. The Morgan fingerprint density at radius 1 is 1.35 bits per heavy atom. The molecule has 1 fully saturated rings. The molecule has 0 saturated carbocycles. The Morgan fingerprint density at radius 3 is 2.88 bits per heavy atom. The zero-order valence-electron chi connectivity index (χ0n) is 10.6. The van der Waals surface area contributed by atoms with Crippen LogP contribution in [0.5, 0.6) is 0 Å². The maximum Gasteiger partial charge on any atom is 0.0218 e. The molecule has 1 aromatic carbocycles. The summed E-state index contributed by atoms with van der Waals surface area (Å²) in [5.41, 5.74) is 0. The first-order valence-electron chi connectivity index (χ1n) is 6.45. The lowest BCUT2D eigenvalue weighted by atomic mass is 10.2. The van der Waals surface area contributed by atoms with E-state index in [9.17, 15) is 0 Å². The Balaban J connectivity index is 1.55. The molecule has 0 aromatic heterocycles. The van der Waals surface area contributed by atoms with Gasteiger partial charge in [0.2, 0.25) is 0 Å². The maximum absolute atomic E-state index is 3.57. The molecule has 1 saturated heterocycles. The van der Waals surface area contributed by atoms with Crippen molar-refractivity contribution >= 4 is 11.8 Å². The minimum atomic E-state index is 0.761. The summed E-state index contributed by atoms with van der Waals surface area (Å²) in [5.74, 6) is 1.15. The highest BCUT2D eigenvalue weighted by Gasteiger charge is 2.19. The first-order chi connectivity index (χ1) is 8.36. The molecule has 3 heteroatoms. The number of hydrogen-bond acceptors (Lipinski definition) is 3. The predicted octanol–water partition coefficient (Wildman–Crippen LogP) is 2.46. The second-order valence-corrected chi connectivity index (χ2v) is 5.81. The van der Waals surface area contributed by atoms with Crippen molar-refractivity contribution in [1.29, 1.82) is 0 Å². The van der Waals surface area contributed by atoms with Crippen molar-refractivity contribution in [3.63, 3.8) is 0 Å².